The monoisotopic (exact) mass is 585 g/mol. The summed E-state index contributed by atoms with van der Waals surface area (Å²) in [4.78, 5) is 34.2. The van der Waals surface area contributed by atoms with Crippen LogP contribution in [-0.2, 0) is 4.79 Å². The number of hydrogen-bond donors (Lipinski definition) is 2. The highest BCUT2D eigenvalue weighted by Crippen LogP contribution is 2.47. The van der Waals surface area contributed by atoms with Gasteiger partial charge >= 0.3 is 0 Å². The van der Waals surface area contributed by atoms with E-state index in [1.165, 1.54) is 5.56 Å². The molecule has 0 radical (unpaired) electrons. The van der Waals surface area contributed by atoms with Gasteiger partial charge in [0.05, 0.1) is 18.3 Å². The van der Waals surface area contributed by atoms with E-state index in [9.17, 15) is 9.59 Å². The van der Waals surface area contributed by atoms with Gasteiger partial charge in [-0.15, -0.1) is 0 Å². The fourth-order valence-corrected chi connectivity index (χ4v) is 6.27. The molecule has 5 aromatic rings. The number of aromatic nitrogens is 1. The third-order valence-electron chi connectivity index (χ3n) is 8.70. The number of anilines is 1. The topological polar surface area (TPSA) is 74.4 Å². The standard InChI is InChI=1S/C38H39N3O3/c1-5-23-44-28-21-19-27(20-22-28)39-37(42)35(25(4)6-2)41-36(29-11-7-8-12-30(29)38(41)43)33-31-13-9-10-14-32(31)40-34(33)26-17-15-24(3)16-18-26/h7-22,25,35-36,40H,5-6,23H2,1-4H3,(H,39,42). The third-order valence-corrected chi connectivity index (χ3v) is 8.70. The van der Waals surface area contributed by atoms with Crippen molar-refractivity contribution in [3.8, 4) is 17.0 Å². The largest absolute Gasteiger partial charge is 0.494 e. The summed E-state index contributed by atoms with van der Waals surface area (Å²) in [5, 5.41) is 4.16. The molecule has 2 heterocycles. The van der Waals surface area contributed by atoms with Gasteiger partial charge in [-0.25, -0.2) is 0 Å². The molecule has 3 unspecified atom stereocenters. The van der Waals surface area contributed by atoms with Gasteiger partial charge in [-0.05, 0) is 66.8 Å². The van der Waals surface area contributed by atoms with Gasteiger partial charge in [-0.2, -0.15) is 0 Å². The van der Waals surface area contributed by atoms with Crippen LogP contribution >= 0.6 is 0 Å². The van der Waals surface area contributed by atoms with Gasteiger partial charge in [0.15, 0.2) is 0 Å². The number of nitrogens with zero attached hydrogens (tertiary/aromatic N) is 1. The van der Waals surface area contributed by atoms with Gasteiger partial charge in [-0.1, -0.05) is 93.4 Å². The number of rotatable bonds is 10. The normalized spacial score (nSPS) is 15.7. The lowest BCUT2D eigenvalue weighted by molar-refractivity contribution is -0.122. The number of H-pyrrole nitrogens is 1. The van der Waals surface area contributed by atoms with Crippen molar-refractivity contribution in [1.29, 1.82) is 0 Å². The first-order chi connectivity index (χ1) is 21.4. The summed E-state index contributed by atoms with van der Waals surface area (Å²) in [5.41, 5.74) is 7.37. The molecule has 2 N–H and O–H groups in total. The molecule has 6 nitrogen and oxygen atoms in total. The lowest BCUT2D eigenvalue weighted by Crippen LogP contribution is -2.50. The van der Waals surface area contributed by atoms with Crippen molar-refractivity contribution in [3.63, 3.8) is 0 Å². The summed E-state index contributed by atoms with van der Waals surface area (Å²) in [6, 6.07) is 30.7. The van der Waals surface area contributed by atoms with Gasteiger partial charge in [0.25, 0.3) is 5.91 Å². The Bertz CT molecular complexity index is 1790. The van der Waals surface area contributed by atoms with E-state index in [0.717, 1.165) is 51.9 Å². The maximum absolute atomic E-state index is 14.4. The molecule has 0 aliphatic carbocycles. The number of benzene rings is 4. The summed E-state index contributed by atoms with van der Waals surface area (Å²) in [6.45, 7) is 8.89. The average molecular weight is 586 g/mol. The van der Waals surface area contributed by atoms with E-state index in [1.807, 2.05) is 65.6 Å². The van der Waals surface area contributed by atoms with E-state index in [4.69, 9.17) is 4.74 Å². The molecule has 2 amide bonds. The Kier molecular flexibility index (Phi) is 8.25. The van der Waals surface area contributed by atoms with Gasteiger partial charge in [0.2, 0.25) is 5.91 Å². The van der Waals surface area contributed by atoms with Crippen molar-refractivity contribution in [1.82, 2.24) is 9.88 Å². The zero-order valence-electron chi connectivity index (χ0n) is 25.8. The molecular formula is C38H39N3O3. The third kappa shape index (κ3) is 5.37. The van der Waals surface area contributed by atoms with Crippen molar-refractivity contribution in [2.45, 2.75) is 52.6 Å². The molecule has 1 aliphatic rings. The Balaban J connectivity index is 1.48. The van der Waals surface area contributed by atoms with E-state index in [2.05, 4.69) is 74.4 Å². The van der Waals surface area contributed by atoms with Crippen molar-refractivity contribution < 1.29 is 14.3 Å². The SMILES string of the molecule is CCCOc1ccc(NC(=O)C(C(C)CC)N2C(=O)c3ccccc3C2c2c(-c3ccc(C)cc3)[nH]c3ccccc23)cc1. The highest BCUT2D eigenvalue weighted by atomic mass is 16.5. The van der Waals surface area contributed by atoms with Crippen molar-refractivity contribution >= 4 is 28.4 Å². The van der Waals surface area contributed by atoms with Crippen LogP contribution in [0, 0.1) is 12.8 Å². The second-order valence-electron chi connectivity index (χ2n) is 11.7. The average Bonchev–Trinajstić information content (AvgIpc) is 3.56. The molecule has 0 bridgehead atoms. The molecule has 0 saturated heterocycles. The van der Waals surface area contributed by atoms with Crippen LogP contribution < -0.4 is 10.1 Å². The zero-order chi connectivity index (χ0) is 30.8. The number of fused-ring (bicyclic) bond motifs is 2. The molecule has 0 spiro atoms. The summed E-state index contributed by atoms with van der Waals surface area (Å²) >= 11 is 0. The Morgan fingerprint density at radius 3 is 2.36 bits per heavy atom. The summed E-state index contributed by atoms with van der Waals surface area (Å²) < 4.78 is 5.73. The Morgan fingerprint density at radius 2 is 1.64 bits per heavy atom. The number of carbonyl (C=O) groups is 2. The molecule has 4 aromatic carbocycles. The van der Waals surface area contributed by atoms with E-state index in [-0.39, 0.29) is 17.7 Å². The zero-order valence-corrected chi connectivity index (χ0v) is 25.8. The van der Waals surface area contributed by atoms with Crippen molar-refractivity contribution in [2.75, 3.05) is 11.9 Å². The van der Waals surface area contributed by atoms with Gasteiger partial charge < -0.3 is 19.9 Å². The van der Waals surface area contributed by atoms with Gasteiger partial charge in [0.1, 0.15) is 11.8 Å². The minimum Gasteiger partial charge on any atom is -0.494 e. The minimum atomic E-state index is -0.708. The highest BCUT2D eigenvalue weighted by Gasteiger charge is 2.47. The molecule has 6 heteroatoms. The molecular weight excluding hydrogens is 546 g/mol. The molecule has 6 rings (SSSR count). The van der Waals surface area contributed by atoms with Crippen molar-refractivity contribution in [3.05, 3.63) is 119 Å². The number of aromatic amines is 1. The van der Waals surface area contributed by atoms with Crippen LogP contribution in [0.1, 0.15) is 66.7 Å². The van der Waals surface area contributed by atoms with E-state index >= 15 is 0 Å². The number of para-hydroxylation sites is 1. The van der Waals surface area contributed by atoms with Crippen LogP contribution in [-0.4, -0.2) is 34.3 Å². The maximum Gasteiger partial charge on any atom is 0.255 e. The smallest absolute Gasteiger partial charge is 0.255 e. The Morgan fingerprint density at radius 1 is 0.932 bits per heavy atom. The van der Waals surface area contributed by atoms with Crippen LogP contribution in [0.3, 0.4) is 0 Å². The molecule has 44 heavy (non-hydrogen) atoms. The summed E-state index contributed by atoms with van der Waals surface area (Å²) in [6.07, 6.45) is 1.65. The minimum absolute atomic E-state index is 0.101. The predicted molar refractivity (Wildman–Crippen MR) is 177 cm³/mol. The van der Waals surface area contributed by atoms with E-state index in [0.29, 0.717) is 17.9 Å². The number of nitrogens with one attached hydrogen (secondary N) is 2. The van der Waals surface area contributed by atoms with Crippen LogP contribution in [0.5, 0.6) is 5.75 Å². The van der Waals surface area contributed by atoms with E-state index in [1.54, 1.807) is 0 Å². The Hall–Kier alpha value is -4.84. The van der Waals surface area contributed by atoms with Crippen LogP contribution in [0.15, 0.2) is 97.1 Å². The fraction of sp³-hybridized carbons (Fsp3) is 0.263. The molecule has 0 saturated carbocycles. The van der Waals surface area contributed by atoms with Crippen molar-refractivity contribution in [2.24, 2.45) is 5.92 Å². The first-order valence-electron chi connectivity index (χ1n) is 15.5. The first-order valence-corrected chi connectivity index (χ1v) is 15.5. The molecule has 0 fully saturated rings. The lowest BCUT2D eigenvalue weighted by atomic mass is 9.90. The number of carbonyl (C=O) groups excluding carboxylic acids is 2. The summed E-state index contributed by atoms with van der Waals surface area (Å²) in [5.74, 6) is 0.325. The number of ether oxygens (including phenoxy) is 1. The van der Waals surface area contributed by atoms with Crippen LogP contribution in [0.25, 0.3) is 22.2 Å². The second-order valence-corrected chi connectivity index (χ2v) is 11.7. The lowest BCUT2D eigenvalue weighted by Gasteiger charge is -2.36. The number of amides is 2. The molecule has 224 valence electrons. The first kappa shape index (κ1) is 29.2. The fourth-order valence-electron chi connectivity index (χ4n) is 6.27. The van der Waals surface area contributed by atoms with Crippen LogP contribution in [0.4, 0.5) is 5.69 Å². The van der Waals surface area contributed by atoms with Gasteiger partial charge in [-0.3, -0.25) is 9.59 Å². The van der Waals surface area contributed by atoms with E-state index < -0.39 is 12.1 Å². The quantitative estimate of drug-likeness (QED) is 0.173. The van der Waals surface area contributed by atoms with Crippen LogP contribution in [0.2, 0.25) is 0 Å². The highest BCUT2D eigenvalue weighted by molar-refractivity contribution is 6.06. The molecule has 1 aliphatic heterocycles. The molecule has 3 atom stereocenters. The van der Waals surface area contributed by atoms with Gasteiger partial charge in [0, 0.05) is 27.7 Å². The predicted octanol–water partition coefficient (Wildman–Crippen LogP) is 8.53. The molecule has 1 aromatic heterocycles. The Labute approximate surface area is 259 Å². The number of hydrogen-bond acceptors (Lipinski definition) is 3. The number of aryl methyl sites for hydroxylation is 1. The summed E-state index contributed by atoms with van der Waals surface area (Å²) in [7, 11) is 0. The maximum atomic E-state index is 14.4. The second kappa shape index (κ2) is 12.4.